The third-order valence-corrected chi connectivity index (χ3v) is 5.51. The van der Waals surface area contributed by atoms with Gasteiger partial charge in [0.25, 0.3) is 0 Å². The molecule has 0 radical (unpaired) electrons. The second kappa shape index (κ2) is 13.7. The van der Waals surface area contributed by atoms with Gasteiger partial charge < -0.3 is 24.4 Å². The number of nitrogens with one attached hydrogen (secondary N) is 1. The second-order valence-electron chi connectivity index (χ2n) is 7.20. The molecule has 0 spiro atoms. The molecule has 31 heavy (non-hydrogen) atoms. The van der Waals surface area contributed by atoms with Gasteiger partial charge in [0.05, 0.1) is 10.7 Å². The summed E-state index contributed by atoms with van der Waals surface area (Å²) in [6, 6.07) is 8.04. The number of para-hydroxylation sites is 1. The lowest BCUT2D eigenvalue weighted by Crippen LogP contribution is -2.53. The lowest BCUT2D eigenvalue weighted by molar-refractivity contribution is 0.197. The van der Waals surface area contributed by atoms with E-state index in [4.69, 9.17) is 21.3 Å². The Kier molecular flexibility index (Phi) is 11.4. The van der Waals surface area contributed by atoms with Gasteiger partial charge in [-0.1, -0.05) is 30.7 Å². The Labute approximate surface area is 207 Å². The number of halogens is 2. The molecule has 0 saturated carbocycles. The van der Waals surface area contributed by atoms with Crippen molar-refractivity contribution in [3.05, 3.63) is 41.4 Å². The van der Waals surface area contributed by atoms with E-state index in [1.165, 1.54) is 0 Å². The van der Waals surface area contributed by atoms with E-state index < -0.39 is 0 Å². The van der Waals surface area contributed by atoms with Crippen LogP contribution in [0.25, 0.3) is 0 Å². The van der Waals surface area contributed by atoms with E-state index in [9.17, 15) is 0 Å². The summed E-state index contributed by atoms with van der Waals surface area (Å²) in [6.07, 6.45) is 3.58. The molecule has 2 heterocycles. The third kappa shape index (κ3) is 7.50. The van der Waals surface area contributed by atoms with E-state index in [0.29, 0.717) is 0 Å². The van der Waals surface area contributed by atoms with Crippen LogP contribution in [0.5, 0.6) is 0 Å². The SMILES string of the molecule is CCc1nncn1CCNC(=NCCCOC)N1CCN(c2ccccc2Cl)CC1.I. The van der Waals surface area contributed by atoms with Crippen molar-refractivity contribution < 1.29 is 4.74 Å². The number of guanidine groups is 1. The molecular weight excluding hydrogens is 529 g/mol. The van der Waals surface area contributed by atoms with Gasteiger partial charge >= 0.3 is 0 Å². The number of anilines is 1. The summed E-state index contributed by atoms with van der Waals surface area (Å²) in [5.74, 6) is 1.96. The first-order chi connectivity index (χ1) is 14.7. The summed E-state index contributed by atoms with van der Waals surface area (Å²) >= 11 is 6.38. The Morgan fingerprint density at radius 2 is 2.00 bits per heavy atom. The standard InChI is InChI=1S/C21H32ClN7O.HI/c1-3-20-26-25-17-29(20)11-10-24-21(23-9-6-16-30-2)28-14-12-27(13-15-28)19-8-5-4-7-18(19)22;/h4-5,7-8,17H,3,6,9-16H2,1-2H3,(H,23,24);1H. The molecular formula is C21H33ClIN7O. The molecule has 0 atom stereocenters. The molecule has 1 aromatic heterocycles. The van der Waals surface area contributed by atoms with Gasteiger partial charge in [0.15, 0.2) is 5.96 Å². The predicted octanol–water partition coefficient (Wildman–Crippen LogP) is 2.92. The lowest BCUT2D eigenvalue weighted by Gasteiger charge is -2.38. The van der Waals surface area contributed by atoms with Crippen LogP contribution < -0.4 is 10.2 Å². The largest absolute Gasteiger partial charge is 0.385 e. The minimum absolute atomic E-state index is 0. The highest BCUT2D eigenvalue weighted by Crippen LogP contribution is 2.26. The summed E-state index contributed by atoms with van der Waals surface area (Å²) in [6.45, 7) is 8.76. The number of nitrogens with zero attached hydrogens (tertiary/aromatic N) is 6. The summed E-state index contributed by atoms with van der Waals surface area (Å²) in [4.78, 5) is 9.49. The Bertz CT molecular complexity index is 809. The molecule has 1 saturated heterocycles. The molecule has 2 aromatic rings. The van der Waals surface area contributed by atoms with Crippen molar-refractivity contribution in [2.24, 2.45) is 4.99 Å². The fraction of sp³-hybridized carbons (Fsp3) is 0.571. The zero-order chi connectivity index (χ0) is 21.2. The zero-order valence-electron chi connectivity index (χ0n) is 18.3. The van der Waals surface area contributed by atoms with E-state index >= 15 is 0 Å². The maximum absolute atomic E-state index is 6.38. The van der Waals surface area contributed by atoms with Crippen LogP contribution in [0.3, 0.4) is 0 Å². The van der Waals surface area contributed by atoms with Crippen molar-refractivity contribution in [3.8, 4) is 0 Å². The van der Waals surface area contributed by atoms with Crippen LogP contribution in [0, 0.1) is 0 Å². The summed E-state index contributed by atoms with van der Waals surface area (Å²) in [5.41, 5.74) is 1.10. The van der Waals surface area contributed by atoms with Crippen molar-refractivity contribution in [1.82, 2.24) is 25.0 Å². The summed E-state index contributed by atoms with van der Waals surface area (Å²) in [5, 5.41) is 12.5. The predicted molar refractivity (Wildman–Crippen MR) is 137 cm³/mol. The third-order valence-electron chi connectivity index (χ3n) is 5.19. The fourth-order valence-corrected chi connectivity index (χ4v) is 3.81. The van der Waals surface area contributed by atoms with Gasteiger partial charge in [-0.15, -0.1) is 34.2 Å². The number of rotatable bonds is 9. The fourth-order valence-electron chi connectivity index (χ4n) is 3.56. The van der Waals surface area contributed by atoms with Crippen molar-refractivity contribution in [1.29, 1.82) is 0 Å². The highest BCUT2D eigenvalue weighted by atomic mass is 127. The van der Waals surface area contributed by atoms with Crippen LogP contribution in [0.2, 0.25) is 5.02 Å². The average Bonchev–Trinajstić information content (AvgIpc) is 3.23. The van der Waals surface area contributed by atoms with Crippen LogP contribution in [0.4, 0.5) is 5.69 Å². The number of hydrogen-bond acceptors (Lipinski definition) is 5. The van der Waals surface area contributed by atoms with Crippen molar-refractivity contribution in [3.63, 3.8) is 0 Å². The Morgan fingerprint density at radius 3 is 2.71 bits per heavy atom. The molecule has 1 aliphatic heterocycles. The quantitative estimate of drug-likeness (QED) is 0.220. The Hall–Kier alpha value is -1.59. The normalized spacial score (nSPS) is 14.5. The van der Waals surface area contributed by atoms with Crippen LogP contribution >= 0.6 is 35.6 Å². The number of aryl methyl sites for hydroxylation is 1. The first-order valence-electron chi connectivity index (χ1n) is 10.6. The number of aromatic nitrogens is 3. The molecule has 0 bridgehead atoms. The highest BCUT2D eigenvalue weighted by molar-refractivity contribution is 14.0. The number of methoxy groups -OCH3 is 1. The molecule has 0 amide bonds. The van der Waals surface area contributed by atoms with E-state index in [1.807, 2.05) is 18.2 Å². The van der Waals surface area contributed by atoms with Gasteiger partial charge in [-0.25, -0.2) is 0 Å². The van der Waals surface area contributed by atoms with Crippen molar-refractivity contribution >= 4 is 47.2 Å². The summed E-state index contributed by atoms with van der Waals surface area (Å²) < 4.78 is 7.25. The van der Waals surface area contributed by atoms with Gasteiger partial charge in [-0.05, 0) is 18.6 Å². The van der Waals surface area contributed by atoms with Gasteiger partial charge in [-0.2, -0.15) is 0 Å². The minimum Gasteiger partial charge on any atom is -0.385 e. The molecule has 3 rings (SSSR count). The molecule has 1 aromatic carbocycles. The molecule has 8 nitrogen and oxygen atoms in total. The second-order valence-corrected chi connectivity index (χ2v) is 7.61. The Morgan fingerprint density at radius 1 is 1.23 bits per heavy atom. The number of hydrogen-bond donors (Lipinski definition) is 1. The zero-order valence-corrected chi connectivity index (χ0v) is 21.4. The first kappa shape index (κ1) is 25.7. The maximum atomic E-state index is 6.38. The van der Waals surface area contributed by atoms with Crippen LogP contribution in [0.15, 0.2) is 35.6 Å². The highest BCUT2D eigenvalue weighted by Gasteiger charge is 2.21. The van der Waals surface area contributed by atoms with Crippen molar-refractivity contribution in [2.75, 3.05) is 57.9 Å². The van der Waals surface area contributed by atoms with Crippen LogP contribution in [-0.4, -0.2) is 78.6 Å². The number of aliphatic imine (C=N–C) groups is 1. The molecule has 0 unspecified atom stereocenters. The molecule has 1 aliphatic rings. The summed E-state index contributed by atoms with van der Waals surface area (Å²) in [7, 11) is 1.72. The molecule has 1 N–H and O–H groups in total. The minimum atomic E-state index is 0. The monoisotopic (exact) mass is 561 g/mol. The molecule has 0 aliphatic carbocycles. The first-order valence-corrected chi connectivity index (χ1v) is 11.0. The van der Waals surface area contributed by atoms with E-state index in [2.05, 4.69) is 42.9 Å². The van der Waals surface area contributed by atoms with Gasteiger partial charge in [0.2, 0.25) is 0 Å². The molecule has 172 valence electrons. The van der Waals surface area contributed by atoms with Gasteiger partial charge in [-0.3, -0.25) is 4.99 Å². The topological polar surface area (TPSA) is 70.8 Å². The number of ether oxygens (including phenoxy) is 1. The smallest absolute Gasteiger partial charge is 0.194 e. The molecule has 1 fully saturated rings. The van der Waals surface area contributed by atoms with E-state index in [-0.39, 0.29) is 24.0 Å². The lowest BCUT2D eigenvalue weighted by atomic mass is 10.2. The maximum Gasteiger partial charge on any atom is 0.194 e. The van der Waals surface area contributed by atoms with E-state index in [1.54, 1.807) is 13.4 Å². The number of benzene rings is 1. The average molecular weight is 562 g/mol. The van der Waals surface area contributed by atoms with Crippen LogP contribution in [0.1, 0.15) is 19.2 Å². The van der Waals surface area contributed by atoms with Crippen molar-refractivity contribution in [2.45, 2.75) is 26.3 Å². The number of piperazine rings is 1. The van der Waals surface area contributed by atoms with Crippen LogP contribution in [-0.2, 0) is 17.7 Å². The van der Waals surface area contributed by atoms with E-state index in [0.717, 1.165) is 87.8 Å². The molecule has 10 heteroatoms. The Balaban J connectivity index is 0.00000341. The van der Waals surface area contributed by atoms with Gasteiger partial charge in [0, 0.05) is 66.0 Å². The van der Waals surface area contributed by atoms with Gasteiger partial charge in [0.1, 0.15) is 12.2 Å².